The molecule has 0 aliphatic rings. The zero-order chi connectivity index (χ0) is 19.3. The minimum atomic E-state index is -4.72. The van der Waals surface area contributed by atoms with Crippen molar-refractivity contribution in [2.45, 2.75) is 6.18 Å². The third kappa shape index (κ3) is 4.82. The van der Waals surface area contributed by atoms with E-state index in [0.717, 1.165) is 18.2 Å². The average Bonchev–Trinajstić information content (AvgIpc) is 2.59. The van der Waals surface area contributed by atoms with E-state index in [0.29, 0.717) is 5.69 Å². The Morgan fingerprint density at radius 1 is 1.00 bits per heavy atom. The number of amides is 2. The molecule has 0 spiro atoms. The first-order valence-corrected chi connectivity index (χ1v) is 7.21. The molecule has 26 heavy (non-hydrogen) atoms. The van der Waals surface area contributed by atoms with Gasteiger partial charge in [0.2, 0.25) is 5.91 Å². The van der Waals surface area contributed by atoms with Crippen molar-refractivity contribution in [1.29, 1.82) is 0 Å². The summed E-state index contributed by atoms with van der Waals surface area (Å²) >= 11 is 0. The van der Waals surface area contributed by atoms with Gasteiger partial charge in [-0.3, -0.25) is 9.59 Å². The van der Waals surface area contributed by atoms with Crippen LogP contribution in [0.3, 0.4) is 0 Å². The molecule has 0 unspecified atom stereocenters. The molecule has 0 atom stereocenters. The lowest BCUT2D eigenvalue weighted by atomic mass is 10.1. The second-order valence-electron chi connectivity index (χ2n) is 5.11. The highest BCUT2D eigenvalue weighted by Crippen LogP contribution is 2.32. The number of anilines is 1. The molecule has 0 aromatic heterocycles. The van der Waals surface area contributed by atoms with Crippen LogP contribution in [-0.2, 0) is 15.7 Å². The minimum absolute atomic E-state index is 0.234. The normalized spacial score (nSPS) is 10.9. The Hall–Kier alpha value is -3.36. The number of ether oxygens (including phenoxy) is 1. The number of nitrogens with one attached hydrogen (secondary N) is 1. The number of rotatable bonds is 5. The Balaban J connectivity index is 1.97. The molecule has 0 radical (unpaired) electrons. The summed E-state index contributed by atoms with van der Waals surface area (Å²) in [4.78, 5) is 34.5. The zero-order valence-corrected chi connectivity index (χ0v) is 13.2. The Morgan fingerprint density at radius 3 is 2.19 bits per heavy atom. The van der Waals surface area contributed by atoms with E-state index in [1.165, 1.54) is 30.3 Å². The molecule has 9 heteroatoms. The van der Waals surface area contributed by atoms with Crippen molar-refractivity contribution in [3.63, 3.8) is 0 Å². The maximum absolute atomic E-state index is 12.9. The van der Waals surface area contributed by atoms with Gasteiger partial charge in [0.05, 0.1) is 11.1 Å². The lowest BCUT2D eigenvalue weighted by Gasteiger charge is -2.12. The van der Waals surface area contributed by atoms with Crippen LogP contribution in [0.1, 0.15) is 26.3 Å². The van der Waals surface area contributed by atoms with E-state index in [-0.39, 0.29) is 5.56 Å². The molecule has 2 amide bonds. The van der Waals surface area contributed by atoms with Gasteiger partial charge in [0.25, 0.3) is 5.91 Å². The fraction of sp³-hybridized carbons (Fsp3) is 0.118. The molecule has 0 aliphatic heterocycles. The average molecular weight is 366 g/mol. The van der Waals surface area contributed by atoms with E-state index >= 15 is 0 Å². The monoisotopic (exact) mass is 366 g/mol. The highest BCUT2D eigenvalue weighted by atomic mass is 19.4. The summed E-state index contributed by atoms with van der Waals surface area (Å²) in [6.07, 6.45) is -4.72. The maximum atomic E-state index is 12.9. The molecular weight excluding hydrogens is 353 g/mol. The molecule has 2 aromatic carbocycles. The van der Waals surface area contributed by atoms with Gasteiger partial charge in [0.15, 0.2) is 6.61 Å². The van der Waals surface area contributed by atoms with Gasteiger partial charge in [0, 0.05) is 11.3 Å². The van der Waals surface area contributed by atoms with E-state index in [1.807, 2.05) is 0 Å². The van der Waals surface area contributed by atoms with Crippen molar-refractivity contribution in [3.8, 4) is 0 Å². The number of carbonyl (C=O) groups excluding carboxylic acids is 3. The van der Waals surface area contributed by atoms with Crippen LogP contribution in [-0.4, -0.2) is 24.4 Å². The Labute approximate surface area is 145 Å². The number of alkyl halides is 3. The topological polar surface area (TPSA) is 98.5 Å². The molecule has 0 saturated carbocycles. The summed E-state index contributed by atoms with van der Waals surface area (Å²) in [6.45, 7) is -0.775. The van der Waals surface area contributed by atoms with Gasteiger partial charge in [0.1, 0.15) is 0 Å². The summed E-state index contributed by atoms with van der Waals surface area (Å²) in [5, 5.41) is 2.37. The van der Waals surface area contributed by atoms with Gasteiger partial charge in [-0.05, 0) is 36.4 Å². The van der Waals surface area contributed by atoms with Crippen LogP contribution in [0.15, 0.2) is 48.5 Å². The highest BCUT2D eigenvalue weighted by Gasteiger charge is 2.35. The number of halogens is 3. The maximum Gasteiger partial charge on any atom is 0.417 e. The van der Waals surface area contributed by atoms with E-state index < -0.39 is 41.7 Å². The van der Waals surface area contributed by atoms with Gasteiger partial charge in [-0.25, -0.2) is 4.79 Å². The molecule has 136 valence electrons. The standard InChI is InChI=1S/C17H13F3N2O4/c18-17(19,20)13-4-2-1-3-12(13)16(25)26-9-14(23)22-11-7-5-10(6-8-11)15(21)24/h1-8H,9H2,(H2,21,24)(H,22,23). The number of esters is 1. The zero-order valence-electron chi connectivity index (χ0n) is 13.2. The molecule has 0 saturated heterocycles. The molecule has 2 aromatic rings. The first kappa shape index (κ1) is 19.0. The predicted octanol–water partition coefficient (Wildman–Crippen LogP) is 2.60. The number of benzene rings is 2. The first-order chi connectivity index (χ1) is 12.2. The summed E-state index contributed by atoms with van der Waals surface area (Å²) in [5.74, 6) is -2.66. The van der Waals surface area contributed by atoms with Crippen molar-refractivity contribution in [3.05, 3.63) is 65.2 Å². The SMILES string of the molecule is NC(=O)c1ccc(NC(=O)COC(=O)c2ccccc2C(F)(F)F)cc1. The van der Waals surface area contributed by atoms with E-state index in [1.54, 1.807) is 0 Å². The number of carbonyl (C=O) groups is 3. The first-order valence-electron chi connectivity index (χ1n) is 7.21. The molecule has 3 N–H and O–H groups in total. The number of hydrogen-bond donors (Lipinski definition) is 2. The lowest BCUT2D eigenvalue weighted by Crippen LogP contribution is -2.22. The summed E-state index contributed by atoms with van der Waals surface area (Å²) in [6, 6.07) is 9.67. The van der Waals surface area contributed by atoms with Crippen LogP contribution in [0.4, 0.5) is 18.9 Å². The van der Waals surface area contributed by atoms with Crippen molar-refractivity contribution < 1.29 is 32.3 Å². The van der Waals surface area contributed by atoms with Gasteiger partial charge in [-0.15, -0.1) is 0 Å². The van der Waals surface area contributed by atoms with Gasteiger partial charge in [-0.1, -0.05) is 12.1 Å². The fourth-order valence-corrected chi connectivity index (χ4v) is 2.03. The molecule has 0 heterocycles. The van der Waals surface area contributed by atoms with Gasteiger partial charge >= 0.3 is 12.1 Å². The molecule has 0 aliphatic carbocycles. The largest absolute Gasteiger partial charge is 0.452 e. The van der Waals surface area contributed by atoms with Crippen LogP contribution >= 0.6 is 0 Å². The minimum Gasteiger partial charge on any atom is -0.452 e. The Morgan fingerprint density at radius 2 is 1.62 bits per heavy atom. The van der Waals surface area contributed by atoms with E-state index in [2.05, 4.69) is 10.1 Å². The summed E-state index contributed by atoms with van der Waals surface area (Å²) < 4.78 is 43.2. The third-order valence-corrected chi connectivity index (χ3v) is 3.24. The number of nitrogens with two attached hydrogens (primary N) is 1. The molecule has 0 bridgehead atoms. The second kappa shape index (κ2) is 7.68. The summed E-state index contributed by atoms with van der Waals surface area (Å²) in [7, 11) is 0. The number of primary amides is 1. The molecular formula is C17H13F3N2O4. The Kier molecular flexibility index (Phi) is 5.61. The second-order valence-corrected chi connectivity index (χ2v) is 5.11. The van der Waals surface area contributed by atoms with Crippen LogP contribution in [0.25, 0.3) is 0 Å². The predicted molar refractivity (Wildman–Crippen MR) is 85.3 cm³/mol. The van der Waals surface area contributed by atoms with Crippen molar-refractivity contribution >= 4 is 23.5 Å². The number of hydrogen-bond acceptors (Lipinski definition) is 4. The van der Waals surface area contributed by atoms with Crippen molar-refractivity contribution in [2.75, 3.05) is 11.9 Å². The van der Waals surface area contributed by atoms with Crippen LogP contribution in [0, 0.1) is 0 Å². The smallest absolute Gasteiger partial charge is 0.417 e. The fourth-order valence-electron chi connectivity index (χ4n) is 2.03. The summed E-state index contributed by atoms with van der Waals surface area (Å²) in [5.41, 5.74) is 3.78. The molecule has 0 fully saturated rings. The van der Waals surface area contributed by atoms with Gasteiger partial charge in [-0.2, -0.15) is 13.2 Å². The molecule has 2 rings (SSSR count). The molecule has 6 nitrogen and oxygen atoms in total. The van der Waals surface area contributed by atoms with Crippen LogP contribution in [0.5, 0.6) is 0 Å². The quantitative estimate of drug-likeness (QED) is 0.795. The third-order valence-electron chi connectivity index (χ3n) is 3.24. The van der Waals surface area contributed by atoms with Crippen LogP contribution < -0.4 is 11.1 Å². The Bertz CT molecular complexity index is 833. The van der Waals surface area contributed by atoms with Crippen LogP contribution in [0.2, 0.25) is 0 Å². The van der Waals surface area contributed by atoms with Crippen molar-refractivity contribution in [1.82, 2.24) is 0 Å². The highest BCUT2D eigenvalue weighted by molar-refractivity contribution is 5.97. The van der Waals surface area contributed by atoms with E-state index in [9.17, 15) is 27.6 Å². The lowest BCUT2D eigenvalue weighted by molar-refractivity contribution is -0.138. The van der Waals surface area contributed by atoms with Crippen molar-refractivity contribution in [2.24, 2.45) is 5.73 Å². The van der Waals surface area contributed by atoms with Gasteiger partial charge < -0.3 is 15.8 Å². The van der Waals surface area contributed by atoms with E-state index in [4.69, 9.17) is 5.73 Å².